The van der Waals surface area contributed by atoms with Crippen LogP contribution >= 0.6 is 0 Å². The zero-order chi connectivity index (χ0) is 10.6. The first-order chi connectivity index (χ1) is 6.67. The standard InChI is InChI=1S/C9H10N4O/c1-12-9(14)13-8-3-2-6(5-10)4-7(8)11/h2-4H,11H2,1H3,(H2,12,13,14). The van der Waals surface area contributed by atoms with Crippen molar-refractivity contribution in [2.75, 3.05) is 18.1 Å². The molecule has 0 aliphatic carbocycles. The van der Waals surface area contributed by atoms with Crippen molar-refractivity contribution in [2.24, 2.45) is 0 Å². The Hall–Kier alpha value is -2.22. The zero-order valence-electron chi connectivity index (χ0n) is 7.66. The van der Waals surface area contributed by atoms with Gasteiger partial charge in [-0.15, -0.1) is 0 Å². The van der Waals surface area contributed by atoms with Crippen molar-refractivity contribution < 1.29 is 4.79 Å². The number of nitrogens with zero attached hydrogens (tertiary/aromatic N) is 1. The van der Waals surface area contributed by atoms with Gasteiger partial charge >= 0.3 is 6.03 Å². The molecular formula is C9H10N4O. The number of carbonyl (C=O) groups excluding carboxylic acids is 1. The van der Waals surface area contributed by atoms with Crippen molar-refractivity contribution in [3.05, 3.63) is 23.8 Å². The van der Waals surface area contributed by atoms with Crippen LogP contribution in [0.3, 0.4) is 0 Å². The molecule has 0 heterocycles. The molecule has 4 N–H and O–H groups in total. The highest BCUT2D eigenvalue weighted by Gasteiger charge is 2.03. The van der Waals surface area contributed by atoms with Crippen LogP contribution in [0.25, 0.3) is 0 Å². The monoisotopic (exact) mass is 190 g/mol. The maximum Gasteiger partial charge on any atom is 0.319 e. The number of urea groups is 1. The minimum absolute atomic E-state index is 0.346. The fraction of sp³-hybridized carbons (Fsp3) is 0.111. The van der Waals surface area contributed by atoms with Crippen LogP contribution in [-0.2, 0) is 0 Å². The van der Waals surface area contributed by atoms with E-state index in [9.17, 15) is 4.79 Å². The van der Waals surface area contributed by atoms with Crippen molar-refractivity contribution >= 4 is 17.4 Å². The van der Waals surface area contributed by atoms with Gasteiger partial charge in [0.15, 0.2) is 0 Å². The molecule has 0 aliphatic rings. The Balaban J connectivity index is 2.90. The molecule has 0 aromatic heterocycles. The number of nitriles is 1. The van der Waals surface area contributed by atoms with Crippen molar-refractivity contribution in [3.8, 4) is 6.07 Å². The Kier molecular flexibility index (Phi) is 2.92. The first-order valence-corrected chi connectivity index (χ1v) is 3.95. The second kappa shape index (κ2) is 4.14. The first-order valence-electron chi connectivity index (χ1n) is 3.95. The van der Waals surface area contributed by atoms with Crippen LogP contribution in [0.1, 0.15) is 5.56 Å². The molecule has 1 aromatic rings. The summed E-state index contributed by atoms with van der Waals surface area (Å²) in [6.45, 7) is 0. The molecule has 14 heavy (non-hydrogen) atoms. The van der Waals surface area contributed by atoms with E-state index in [-0.39, 0.29) is 6.03 Å². The summed E-state index contributed by atoms with van der Waals surface area (Å²) in [4.78, 5) is 10.9. The normalized spacial score (nSPS) is 8.86. The average Bonchev–Trinajstić information content (AvgIpc) is 2.20. The number of anilines is 2. The maximum absolute atomic E-state index is 10.9. The third-order valence-corrected chi connectivity index (χ3v) is 1.66. The highest BCUT2D eigenvalue weighted by atomic mass is 16.2. The Labute approximate surface area is 81.5 Å². The lowest BCUT2D eigenvalue weighted by Crippen LogP contribution is -2.24. The summed E-state index contributed by atoms with van der Waals surface area (Å²) in [6.07, 6.45) is 0. The number of hydrogen-bond acceptors (Lipinski definition) is 3. The Bertz CT molecular complexity index is 394. The molecule has 1 rings (SSSR count). The third-order valence-electron chi connectivity index (χ3n) is 1.66. The van der Waals surface area contributed by atoms with Gasteiger partial charge in [0.2, 0.25) is 0 Å². The molecule has 5 nitrogen and oxygen atoms in total. The fourth-order valence-electron chi connectivity index (χ4n) is 0.931. The van der Waals surface area contributed by atoms with Crippen molar-refractivity contribution in [1.82, 2.24) is 5.32 Å². The second-order valence-electron chi connectivity index (χ2n) is 2.62. The molecule has 0 atom stereocenters. The average molecular weight is 190 g/mol. The number of nitrogen functional groups attached to an aromatic ring is 1. The number of benzene rings is 1. The van der Waals surface area contributed by atoms with Gasteiger partial charge in [0.05, 0.1) is 23.0 Å². The molecule has 2 amide bonds. The molecule has 72 valence electrons. The summed E-state index contributed by atoms with van der Waals surface area (Å²) < 4.78 is 0. The van der Waals surface area contributed by atoms with Gasteiger partial charge in [-0.1, -0.05) is 0 Å². The summed E-state index contributed by atoms with van der Waals surface area (Å²) in [5, 5.41) is 13.5. The topological polar surface area (TPSA) is 90.9 Å². The smallest absolute Gasteiger partial charge is 0.319 e. The van der Waals surface area contributed by atoms with Crippen LogP contribution < -0.4 is 16.4 Å². The van der Waals surface area contributed by atoms with E-state index in [0.29, 0.717) is 16.9 Å². The molecular weight excluding hydrogens is 180 g/mol. The lowest BCUT2D eigenvalue weighted by molar-refractivity contribution is 0.254. The predicted octanol–water partition coefficient (Wildman–Crippen LogP) is 0.892. The molecule has 1 aromatic carbocycles. The van der Waals surface area contributed by atoms with Gasteiger partial charge in [0.1, 0.15) is 0 Å². The number of nitrogens with one attached hydrogen (secondary N) is 2. The minimum atomic E-state index is -0.346. The zero-order valence-corrected chi connectivity index (χ0v) is 7.66. The number of amides is 2. The molecule has 0 saturated heterocycles. The van der Waals surface area contributed by atoms with Crippen LogP contribution in [-0.4, -0.2) is 13.1 Å². The van der Waals surface area contributed by atoms with E-state index in [1.54, 1.807) is 12.1 Å². The van der Waals surface area contributed by atoms with E-state index >= 15 is 0 Å². The van der Waals surface area contributed by atoms with E-state index < -0.39 is 0 Å². The van der Waals surface area contributed by atoms with Crippen LogP contribution in [0.5, 0.6) is 0 Å². The number of carbonyl (C=O) groups is 1. The van der Waals surface area contributed by atoms with Gasteiger partial charge in [-0.3, -0.25) is 0 Å². The minimum Gasteiger partial charge on any atom is -0.397 e. The van der Waals surface area contributed by atoms with Gasteiger partial charge in [-0.2, -0.15) is 5.26 Å². The lowest BCUT2D eigenvalue weighted by Gasteiger charge is -2.07. The summed E-state index contributed by atoms with van der Waals surface area (Å²) in [5.74, 6) is 0. The Morgan fingerprint density at radius 1 is 1.57 bits per heavy atom. The number of hydrogen-bond donors (Lipinski definition) is 3. The predicted molar refractivity (Wildman–Crippen MR) is 53.6 cm³/mol. The molecule has 0 fully saturated rings. The third kappa shape index (κ3) is 2.14. The molecule has 0 aliphatic heterocycles. The second-order valence-corrected chi connectivity index (χ2v) is 2.62. The number of rotatable bonds is 1. The van der Waals surface area contributed by atoms with Crippen LogP contribution in [0.15, 0.2) is 18.2 Å². The fourth-order valence-corrected chi connectivity index (χ4v) is 0.931. The molecule has 5 heteroatoms. The van der Waals surface area contributed by atoms with Crippen LogP contribution in [0, 0.1) is 11.3 Å². The van der Waals surface area contributed by atoms with Crippen molar-refractivity contribution in [2.45, 2.75) is 0 Å². The maximum atomic E-state index is 10.9. The van der Waals surface area contributed by atoms with E-state index in [1.165, 1.54) is 13.1 Å². The van der Waals surface area contributed by atoms with Crippen molar-refractivity contribution in [1.29, 1.82) is 5.26 Å². The summed E-state index contributed by atoms with van der Waals surface area (Å²) in [7, 11) is 1.51. The lowest BCUT2D eigenvalue weighted by atomic mass is 10.2. The van der Waals surface area contributed by atoms with E-state index in [1.807, 2.05) is 6.07 Å². The van der Waals surface area contributed by atoms with Gasteiger partial charge in [0, 0.05) is 7.05 Å². The summed E-state index contributed by atoms with van der Waals surface area (Å²) >= 11 is 0. The quantitative estimate of drug-likeness (QED) is 0.574. The Morgan fingerprint density at radius 2 is 2.29 bits per heavy atom. The summed E-state index contributed by atoms with van der Waals surface area (Å²) in [6, 6.07) is 6.28. The van der Waals surface area contributed by atoms with Crippen molar-refractivity contribution in [3.63, 3.8) is 0 Å². The highest BCUT2D eigenvalue weighted by molar-refractivity contribution is 5.92. The van der Waals surface area contributed by atoms with Gasteiger partial charge < -0.3 is 16.4 Å². The highest BCUT2D eigenvalue weighted by Crippen LogP contribution is 2.18. The van der Waals surface area contributed by atoms with Gasteiger partial charge in [-0.25, -0.2) is 4.79 Å². The van der Waals surface area contributed by atoms with E-state index in [4.69, 9.17) is 11.0 Å². The molecule has 0 unspecified atom stereocenters. The van der Waals surface area contributed by atoms with Crippen LogP contribution in [0.4, 0.5) is 16.2 Å². The summed E-state index contributed by atoms with van der Waals surface area (Å²) in [5.41, 5.74) is 6.93. The molecule has 0 radical (unpaired) electrons. The molecule has 0 spiro atoms. The molecule has 0 bridgehead atoms. The molecule has 0 saturated carbocycles. The Morgan fingerprint density at radius 3 is 2.79 bits per heavy atom. The number of nitrogens with two attached hydrogens (primary N) is 1. The van der Waals surface area contributed by atoms with Gasteiger partial charge in [-0.05, 0) is 18.2 Å². The van der Waals surface area contributed by atoms with Crippen LogP contribution in [0.2, 0.25) is 0 Å². The van der Waals surface area contributed by atoms with E-state index in [2.05, 4.69) is 10.6 Å². The first kappa shape index (κ1) is 9.86. The van der Waals surface area contributed by atoms with E-state index in [0.717, 1.165) is 0 Å². The van der Waals surface area contributed by atoms with Gasteiger partial charge in [0.25, 0.3) is 0 Å². The largest absolute Gasteiger partial charge is 0.397 e. The SMILES string of the molecule is CNC(=O)Nc1ccc(C#N)cc1N.